The topological polar surface area (TPSA) is 84.2 Å². The minimum absolute atomic E-state index is 0.237. The van der Waals surface area contributed by atoms with E-state index in [1.54, 1.807) is 0 Å². The van der Waals surface area contributed by atoms with Crippen molar-refractivity contribution in [3.8, 4) is 0 Å². The van der Waals surface area contributed by atoms with Crippen LogP contribution in [0, 0.1) is 0 Å². The summed E-state index contributed by atoms with van der Waals surface area (Å²) in [5.74, 6) is -0.984. The molecule has 2 rings (SSSR count). The molecule has 0 bridgehead atoms. The molecule has 1 saturated heterocycles. The Hall–Kier alpha value is -1.71. The smallest absolute Gasteiger partial charge is 0.435 e. The lowest BCUT2D eigenvalue weighted by molar-refractivity contribution is -0.146. The van der Waals surface area contributed by atoms with Crippen LogP contribution in [0.1, 0.15) is 12.1 Å². The van der Waals surface area contributed by atoms with Gasteiger partial charge in [-0.3, -0.25) is 9.48 Å². The van der Waals surface area contributed by atoms with E-state index in [1.165, 1.54) is 11.8 Å². The van der Waals surface area contributed by atoms with Crippen molar-refractivity contribution in [3.63, 3.8) is 0 Å². The number of alkyl halides is 3. The lowest BCUT2D eigenvalue weighted by Gasteiger charge is -2.24. The number of carboxylic acid groups (broad SMARTS) is 1. The summed E-state index contributed by atoms with van der Waals surface area (Å²) in [4.78, 5) is 23.1. The number of aromatic nitrogens is 2. The van der Waals surface area contributed by atoms with Crippen LogP contribution in [0.3, 0.4) is 0 Å². The van der Waals surface area contributed by atoms with Gasteiger partial charge in [0, 0.05) is 11.9 Å². The van der Waals surface area contributed by atoms with E-state index in [0.717, 1.165) is 16.9 Å². The third kappa shape index (κ3) is 3.49. The van der Waals surface area contributed by atoms with Gasteiger partial charge < -0.3 is 10.4 Å². The van der Waals surface area contributed by atoms with Gasteiger partial charge in [-0.25, -0.2) is 4.79 Å². The van der Waals surface area contributed by atoms with Gasteiger partial charge in [-0.1, -0.05) is 0 Å². The Morgan fingerprint density at radius 3 is 2.71 bits per heavy atom. The lowest BCUT2D eigenvalue weighted by Crippen LogP contribution is -2.55. The first-order valence-corrected chi connectivity index (χ1v) is 7.11. The van der Waals surface area contributed by atoms with Crippen molar-refractivity contribution in [1.82, 2.24) is 15.1 Å². The van der Waals surface area contributed by atoms with E-state index in [0.29, 0.717) is 5.75 Å². The molecule has 1 aliphatic rings. The summed E-state index contributed by atoms with van der Waals surface area (Å²) in [6.45, 7) is -0.463. The Kier molecular flexibility index (Phi) is 4.17. The summed E-state index contributed by atoms with van der Waals surface area (Å²) in [6, 6.07) is 0.756. The van der Waals surface area contributed by atoms with Gasteiger partial charge in [0.05, 0.1) is 0 Å². The Morgan fingerprint density at radius 1 is 1.52 bits per heavy atom. The monoisotopic (exact) mass is 323 g/mol. The van der Waals surface area contributed by atoms with Crippen molar-refractivity contribution in [2.75, 3.05) is 11.5 Å². The fourth-order valence-electron chi connectivity index (χ4n) is 1.94. The number of carbonyl (C=O) groups excluding carboxylic acids is 1. The van der Waals surface area contributed by atoms with Crippen molar-refractivity contribution in [2.45, 2.75) is 24.7 Å². The van der Waals surface area contributed by atoms with Crippen molar-refractivity contribution < 1.29 is 27.9 Å². The average Bonchev–Trinajstić information content (AvgIpc) is 2.97. The highest BCUT2D eigenvalue weighted by Crippen LogP contribution is 2.29. The molecule has 1 atom stereocenters. The van der Waals surface area contributed by atoms with Crippen LogP contribution in [0.4, 0.5) is 13.2 Å². The molecule has 0 aliphatic carbocycles. The zero-order chi connectivity index (χ0) is 15.7. The van der Waals surface area contributed by atoms with Crippen LogP contribution in [0.25, 0.3) is 0 Å². The van der Waals surface area contributed by atoms with Crippen LogP contribution < -0.4 is 5.32 Å². The molecule has 21 heavy (non-hydrogen) atoms. The van der Waals surface area contributed by atoms with Crippen LogP contribution in [0.15, 0.2) is 12.3 Å². The first-order valence-electron chi connectivity index (χ1n) is 5.96. The Morgan fingerprint density at radius 2 is 2.24 bits per heavy atom. The van der Waals surface area contributed by atoms with Gasteiger partial charge >= 0.3 is 12.1 Å². The number of amides is 1. The average molecular weight is 323 g/mol. The SMILES string of the molecule is O=C(Cn1ccc(C(F)(F)F)n1)NC1(C(=O)O)CCSC1. The number of rotatable bonds is 4. The summed E-state index contributed by atoms with van der Waals surface area (Å²) in [5, 5.41) is 14.8. The Balaban J connectivity index is 2.01. The molecular formula is C11H12F3N3O3S. The Bertz CT molecular complexity index is 552. The number of halogens is 3. The first kappa shape index (κ1) is 15.7. The van der Waals surface area contributed by atoms with Gasteiger partial charge in [-0.05, 0) is 18.2 Å². The van der Waals surface area contributed by atoms with E-state index in [1.807, 2.05) is 0 Å². The molecule has 1 aromatic rings. The van der Waals surface area contributed by atoms with E-state index in [4.69, 9.17) is 0 Å². The standard InChI is InChI=1S/C11H12F3N3O3S/c12-11(13,14)7-1-3-17(16-7)5-8(18)15-10(9(19)20)2-4-21-6-10/h1,3H,2,4-6H2,(H,15,18)(H,19,20). The highest BCUT2D eigenvalue weighted by Gasteiger charge is 2.43. The van der Waals surface area contributed by atoms with Crippen LogP contribution in [0.2, 0.25) is 0 Å². The second kappa shape index (κ2) is 5.58. The zero-order valence-corrected chi connectivity index (χ0v) is 11.5. The molecule has 1 fully saturated rings. The molecule has 0 aromatic carbocycles. The maximum absolute atomic E-state index is 12.4. The van der Waals surface area contributed by atoms with Crippen molar-refractivity contribution in [2.24, 2.45) is 0 Å². The minimum Gasteiger partial charge on any atom is -0.479 e. The molecular weight excluding hydrogens is 311 g/mol. The molecule has 1 unspecified atom stereocenters. The molecule has 0 radical (unpaired) electrons. The number of carboxylic acids is 1. The number of nitrogens with zero attached hydrogens (tertiary/aromatic N) is 2. The Labute approximate surface area is 121 Å². The van der Waals surface area contributed by atoms with Crippen molar-refractivity contribution in [3.05, 3.63) is 18.0 Å². The second-order valence-corrected chi connectivity index (χ2v) is 5.74. The van der Waals surface area contributed by atoms with Crippen molar-refractivity contribution in [1.29, 1.82) is 0 Å². The van der Waals surface area contributed by atoms with Gasteiger partial charge in [0.15, 0.2) is 5.69 Å². The number of carbonyl (C=O) groups is 2. The molecule has 1 amide bonds. The highest BCUT2D eigenvalue weighted by molar-refractivity contribution is 7.99. The largest absolute Gasteiger partial charge is 0.479 e. The maximum Gasteiger partial charge on any atom is 0.435 e. The van der Waals surface area contributed by atoms with Gasteiger partial charge in [-0.15, -0.1) is 0 Å². The van der Waals surface area contributed by atoms with Crippen LogP contribution >= 0.6 is 11.8 Å². The minimum atomic E-state index is -4.58. The summed E-state index contributed by atoms with van der Waals surface area (Å²) in [5.41, 5.74) is -2.44. The number of nitrogens with one attached hydrogen (secondary N) is 1. The number of aliphatic carboxylic acids is 1. The second-order valence-electron chi connectivity index (χ2n) is 4.63. The predicted octanol–water partition coefficient (Wildman–Crippen LogP) is 0.978. The molecule has 1 aliphatic heterocycles. The quantitative estimate of drug-likeness (QED) is 0.863. The molecule has 10 heteroatoms. The summed E-state index contributed by atoms with van der Waals surface area (Å²) < 4.78 is 38.0. The maximum atomic E-state index is 12.4. The van der Waals surface area contributed by atoms with E-state index < -0.39 is 35.8 Å². The number of thioether (sulfide) groups is 1. The van der Waals surface area contributed by atoms with E-state index in [2.05, 4.69) is 10.4 Å². The van der Waals surface area contributed by atoms with Crippen molar-refractivity contribution >= 4 is 23.6 Å². The van der Waals surface area contributed by atoms with Gasteiger partial charge in [-0.2, -0.15) is 30.0 Å². The molecule has 1 aromatic heterocycles. The summed E-state index contributed by atoms with van der Waals surface area (Å²) >= 11 is 1.40. The third-order valence-corrected chi connectivity index (χ3v) is 4.24. The molecule has 6 nitrogen and oxygen atoms in total. The van der Waals surface area contributed by atoms with E-state index in [9.17, 15) is 27.9 Å². The molecule has 0 saturated carbocycles. The van der Waals surface area contributed by atoms with Crippen LogP contribution in [0.5, 0.6) is 0 Å². The fraction of sp³-hybridized carbons (Fsp3) is 0.545. The summed E-state index contributed by atoms with van der Waals surface area (Å²) in [7, 11) is 0. The van der Waals surface area contributed by atoms with Gasteiger partial charge in [0.25, 0.3) is 0 Å². The molecule has 116 valence electrons. The van der Waals surface area contributed by atoms with Crippen LogP contribution in [-0.2, 0) is 22.3 Å². The predicted molar refractivity (Wildman–Crippen MR) is 67.7 cm³/mol. The summed E-state index contributed by atoms with van der Waals surface area (Å²) in [6.07, 6.45) is -3.27. The number of hydrogen-bond acceptors (Lipinski definition) is 4. The van der Waals surface area contributed by atoms with E-state index in [-0.39, 0.29) is 12.2 Å². The lowest BCUT2D eigenvalue weighted by atomic mass is 9.99. The van der Waals surface area contributed by atoms with Gasteiger partial charge in [0.2, 0.25) is 5.91 Å². The fourth-order valence-corrected chi connectivity index (χ4v) is 3.27. The molecule has 0 spiro atoms. The molecule has 2 heterocycles. The number of hydrogen-bond donors (Lipinski definition) is 2. The zero-order valence-electron chi connectivity index (χ0n) is 10.7. The highest BCUT2D eigenvalue weighted by atomic mass is 32.2. The molecule has 2 N–H and O–H groups in total. The van der Waals surface area contributed by atoms with Crippen LogP contribution in [-0.4, -0.2) is 43.8 Å². The third-order valence-electron chi connectivity index (χ3n) is 3.05. The first-order chi connectivity index (χ1) is 9.73. The van der Waals surface area contributed by atoms with Gasteiger partial charge in [0.1, 0.15) is 12.1 Å². The normalized spacial score (nSPS) is 22.2. The van der Waals surface area contributed by atoms with E-state index >= 15 is 0 Å².